The van der Waals surface area contributed by atoms with E-state index in [9.17, 15) is 4.39 Å². The molecule has 0 saturated heterocycles. The van der Waals surface area contributed by atoms with Crippen LogP contribution in [0.4, 0.5) is 4.39 Å². The van der Waals surface area contributed by atoms with Crippen molar-refractivity contribution in [2.75, 3.05) is 0 Å². The van der Waals surface area contributed by atoms with Gasteiger partial charge in [-0.15, -0.1) is 0 Å². The van der Waals surface area contributed by atoms with Gasteiger partial charge in [0.15, 0.2) is 0 Å². The molecule has 0 radical (unpaired) electrons. The molecule has 1 aliphatic carbocycles. The van der Waals surface area contributed by atoms with E-state index >= 15 is 0 Å². The fourth-order valence-corrected chi connectivity index (χ4v) is 2.40. The Balaban J connectivity index is 2.39. The van der Waals surface area contributed by atoms with Crippen LogP contribution in [-0.4, -0.2) is 6.04 Å². The minimum absolute atomic E-state index is 0.0294. The Morgan fingerprint density at radius 1 is 1.43 bits per heavy atom. The maximum absolute atomic E-state index is 13.5. The molecule has 3 heteroatoms. The smallest absolute Gasteiger partial charge is 0.126 e. The van der Waals surface area contributed by atoms with Crippen molar-refractivity contribution in [1.82, 2.24) is 0 Å². The molecule has 0 spiro atoms. The quantitative estimate of drug-likeness (QED) is 0.823. The third-order valence-electron chi connectivity index (χ3n) is 3.20. The third kappa shape index (κ3) is 1.39. The Hall–Kier alpha value is -0.410. The Kier molecular flexibility index (Phi) is 2.20. The van der Waals surface area contributed by atoms with Gasteiger partial charge in [0.2, 0.25) is 0 Å². The highest BCUT2D eigenvalue weighted by Crippen LogP contribution is 2.57. The molecule has 1 fully saturated rings. The summed E-state index contributed by atoms with van der Waals surface area (Å²) in [6.45, 7) is 4.14. The van der Waals surface area contributed by atoms with E-state index in [4.69, 9.17) is 5.73 Å². The van der Waals surface area contributed by atoms with E-state index in [0.717, 1.165) is 10.0 Å². The first-order valence-corrected chi connectivity index (χ1v) is 5.44. The zero-order valence-electron chi connectivity index (χ0n) is 8.22. The van der Waals surface area contributed by atoms with E-state index in [-0.39, 0.29) is 23.2 Å². The molecule has 1 aromatic rings. The van der Waals surface area contributed by atoms with E-state index < -0.39 is 0 Å². The molecule has 0 unspecified atom stereocenters. The maximum atomic E-state index is 13.5. The lowest BCUT2D eigenvalue weighted by atomic mass is 10.0. The Labute approximate surface area is 91.6 Å². The zero-order chi connectivity index (χ0) is 10.5. The molecular weight excluding hydrogens is 245 g/mol. The summed E-state index contributed by atoms with van der Waals surface area (Å²) in [6, 6.07) is 5.10. The zero-order valence-corrected chi connectivity index (χ0v) is 9.81. The van der Waals surface area contributed by atoms with Crippen LogP contribution in [-0.2, 0) is 0 Å². The van der Waals surface area contributed by atoms with Gasteiger partial charge in [-0.3, -0.25) is 0 Å². The number of rotatable bonds is 1. The molecule has 14 heavy (non-hydrogen) atoms. The van der Waals surface area contributed by atoms with Crippen molar-refractivity contribution in [2.45, 2.75) is 25.8 Å². The summed E-state index contributed by atoms with van der Waals surface area (Å²) < 4.78 is 14.4. The van der Waals surface area contributed by atoms with Crippen molar-refractivity contribution in [1.29, 1.82) is 0 Å². The minimum Gasteiger partial charge on any atom is -0.327 e. The van der Waals surface area contributed by atoms with E-state index in [2.05, 4.69) is 29.8 Å². The van der Waals surface area contributed by atoms with Gasteiger partial charge < -0.3 is 5.73 Å². The van der Waals surface area contributed by atoms with Crippen LogP contribution in [0, 0.1) is 11.2 Å². The largest absolute Gasteiger partial charge is 0.327 e. The lowest BCUT2D eigenvalue weighted by Crippen LogP contribution is -2.06. The van der Waals surface area contributed by atoms with Crippen LogP contribution in [0.3, 0.4) is 0 Å². The van der Waals surface area contributed by atoms with Crippen LogP contribution < -0.4 is 5.73 Å². The Morgan fingerprint density at radius 2 is 2.00 bits per heavy atom. The van der Waals surface area contributed by atoms with Gasteiger partial charge in [-0.1, -0.05) is 29.8 Å². The number of halogens is 2. The first-order chi connectivity index (χ1) is 6.44. The first-order valence-electron chi connectivity index (χ1n) is 4.65. The van der Waals surface area contributed by atoms with Gasteiger partial charge in [0.05, 0.1) is 0 Å². The van der Waals surface area contributed by atoms with Gasteiger partial charge in [0.1, 0.15) is 5.82 Å². The topological polar surface area (TPSA) is 26.0 Å². The van der Waals surface area contributed by atoms with Gasteiger partial charge in [0, 0.05) is 16.4 Å². The van der Waals surface area contributed by atoms with Gasteiger partial charge in [-0.05, 0) is 29.2 Å². The highest BCUT2D eigenvalue weighted by molar-refractivity contribution is 9.10. The summed E-state index contributed by atoms with van der Waals surface area (Å²) in [5.74, 6) is -0.000718. The van der Waals surface area contributed by atoms with E-state index in [1.165, 1.54) is 6.07 Å². The van der Waals surface area contributed by atoms with Crippen molar-refractivity contribution in [3.63, 3.8) is 0 Å². The van der Waals surface area contributed by atoms with Crippen LogP contribution in [0.5, 0.6) is 0 Å². The molecule has 0 bridgehead atoms. The molecule has 0 heterocycles. The van der Waals surface area contributed by atoms with Gasteiger partial charge in [0.25, 0.3) is 0 Å². The predicted molar refractivity (Wildman–Crippen MR) is 58.6 cm³/mol. The SMILES string of the molecule is CC1(C)[C@@H](N)[C@@H]1c1cc(Br)ccc1F. The van der Waals surface area contributed by atoms with Crippen LogP contribution in [0.25, 0.3) is 0 Å². The van der Waals surface area contributed by atoms with Gasteiger partial charge in [-0.2, -0.15) is 0 Å². The predicted octanol–water partition coefficient (Wildman–Crippen LogP) is 3.04. The average molecular weight is 258 g/mol. The number of benzene rings is 1. The molecule has 2 N–H and O–H groups in total. The van der Waals surface area contributed by atoms with E-state index in [1.54, 1.807) is 6.07 Å². The Bertz CT molecular complexity index is 376. The minimum atomic E-state index is -0.153. The molecule has 1 aromatic carbocycles. The van der Waals surface area contributed by atoms with Crippen molar-refractivity contribution in [3.8, 4) is 0 Å². The van der Waals surface area contributed by atoms with E-state index in [1.807, 2.05) is 6.07 Å². The molecule has 76 valence electrons. The fourth-order valence-electron chi connectivity index (χ4n) is 2.02. The molecule has 0 aliphatic heterocycles. The summed E-state index contributed by atoms with van der Waals surface area (Å²) in [4.78, 5) is 0. The average Bonchev–Trinajstić information content (AvgIpc) is 2.58. The Morgan fingerprint density at radius 3 is 2.50 bits per heavy atom. The fraction of sp³-hybridized carbons (Fsp3) is 0.455. The lowest BCUT2D eigenvalue weighted by molar-refractivity contribution is 0.571. The number of nitrogens with two attached hydrogens (primary N) is 1. The third-order valence-corrected chi connectivity index (χ3v) is 3.70. The normalized spacial score (nSPS) is 28.9. The highest BCUT2D eigenvalue weighted by atomic mass is 79.9. The maximum Gasteiger partial charge on any atom is 0.126 e. The highest BCUT2D eigenvalue weighted by Gasteiger charge is 2.56. The standard InChI is InChI=1S/C11H13BrFN/c1-11(2)9(10(11)14)7-5-6(12)3-4-8(7)13/h3-5,9-10H,14H2,1-2H3/t9-,10-/m0/s1. The van der Waals surface area contributed by atoms with Crippen molar-refractivity contribution < 1.29 is 4.39 Å². The molecule has 2 rings (SSSR count). The van der Waals surface area contributed by atoms with Crippen LogP contribution in [0.1, 0.15) is 25.3 Å². The molecule has 1 saturated carbocycles. The molecule has 1 nitrogen and oxygen atoms in total. The molecule has 1 aliphatic rings. The van der Waals surface area contributed by atoms with Crippen LogP contribution >= 0.6 is 15.9 Å². The summed E-state index contributed by atoms with van der Waals surface area (Å²) in [7, 11) is 0. The monoisotopic (exact) mass is 257 g/mol. The van der Waals surface area contributed by atoms with Gasteiger partial charge >= 0.3 is 0 Å². The van der Waals surface area contributed by atoms with Crippen LogP contribution in [0.15, 0.2) is 22.7 Å². The second kappa shape index (κ2) is 3.04. The lowest BCUT2D eigenvalue weighted by Gasteiger charge is -2.04. The second-order valence-corrected chi connectivity index (χ2v) is 5.41. The van der Waals surface area contributed by atoms with Crippen molar-refractivity contribution in [2.24, 2.45) is 11.1 Å². The summed E-state index contributed by atoms with van der Waals surface area (Å²) in [5.41, 5.74) is 6.68. The first kappa shape index (κ1) is 10.1. The van der Waals surface area contributed by atoms with Gasteiger partial charge in [-0.25, -0.2) is 4.39 Å². The molecular formula is C11H13BrFN. The summed E-state index contributed by atoms with van der Waals surface area (Å²) in [6.07, 6.45) is 0. The van der Waals surface area contributed by atoms with Crippen molar-refractivity contribution >= 4 is 15.9 Å². The van der Waals surface area contributed by atoms with Crippen LogP contribution in [0.2, 0.25) is 0 Å². The second-order valence-electron chi connectivity index (χ2n) is 4.49. The van der Waals surface area contributed by atoms with Crippen molar-refractivity contribution in [3.05, 3.63) is 34.1 Å². The molecule has 2 atom stereocenters. The summed E-state index contributed by atoms with van der Waals surface area (Å²) >= 11 is 3.34. The number of hydrogen-bond acceptors (Lipinski definition) is 1. The molecule has 0 aromatic heterocycles. The summed E-state index contributed by atoms with van der Waals surface area (Å²) in [5, 5.41) is 0. The number of hydrogen-bond donors (Lipinski definition) is 1. The molecule has 0 amide bonds. The van der Waals surface area contributed by atoms with E-state index in [0.29, 0.717) is 0 Å².